The van der Waals surface area contributed by atoms with Gasteiger partial charge < -0.3 is 4.74 Å². The van der Waals surface area contributed by atoms with Crippen molar-refractivity contribution in [1.29, 1.82) is 0 Å². The third-order valence-electron chi connectivity index (χ3n) is 2.09. The molecular formula is C11H11F4NO2. The highest BCUT2D eigenvalue weighted by molar-refractivity contribution is 5.93. The molecule has 1 aromatic rings. The van der Waals surface area contributed by atoms with E-state index >= 15 is 0 Å². The van der Waals surface area contributed by atoms with Gasteiger partial charge in [0.05, 0.1) is 6.20 Å². The average molecular weight is 265 g/mol. The van der Waals surface area contributed by atoms with Gasteiger partial charge in [-0.05, 0) is 12.1 Å². The zero-order valence-electron chi connectivity index (χ0n) is 9.50. The van der Waals surface area contributed by atoms with E-state index in [1.165, 1.54) is 12.1 Å². The Bertz CT molecular complexity index is 406. The molecule has 1 rings (SSSR count). The molecule has 0 unspecified atom stereocenters. The third kappa shape index (κ3) is 3.68. The van der Waals surface area contributed by atoms with Gasteiger partial charge in [-0.25, -0.2) is 13.8 Å². The second kappa shape index (κ2) is 5.79. The van der Waals surface area contributed by atoms with Crippen molar-refractivity contribution in [3.63, 3.8) is 0 Å². The lowest BCUT2D eigenvalue weighted by Crippen LogP contribution is -2.33. The zero-order chi connectivity index (χ0) is 13.8. The van der Waals surface area contributed by atoms with Crippen molar-refractivity contribution in [2.24, 2.45) is 0 Å². The minimum Gasteiger partial charge on any atom is -0.485 e. The molecule has 0 aliphatic heterocycles. The summed E-state index contributed by atoms with van der Waals surface area (Å²) in [5.74, 6) is -4.51. The van der Waals surface area contributed by atoms with Crippen molar-refractivity contribution in [3.05, 3.63) is 24.0 Å². The van der Waals surface area contributed by atoms with E-state index < -0.39 is 19.0 Å². The van der Waals surface area contributed by atoms with Crippen LogP contribution < -0.4 is 4.74 Å². The first kappa shape index (κ1) is 14.4. The van der Waals surface area contributed by atoms with Crippen molar-refractivity contribution in [2.75, 3.05) is 6.61 Å². The predicted molar refractivity (Wildman–Crippen MR) is 55.3 cm³/mol. The normalized spacial score (nSPS) is 11.7. The summed E-state index contributed by atoms with van der Waals surface area (Å²) in [5, 5.41) is 0. The maximum absolute atomic E-state index is 12.5. The molecule has 0 saturated heterocycles. The van der Waals surface area contributed by atoms with Gasteiger partial charge in [-0.2, -0.15) is 8.78 Å². The van der Waals surface area contributed by atoms with Gasteiger partial charge in [-0.1, -0.05) is 6.92 Å². The lowest BCUT2D eigenvalue weighted by molar-refractivity contribution is -0.148. The van der Waals surface area contributed by atoms with Gasteiger partial charge >= 0.3 is 12.3 Å². The van der Waals surface area contributed by atoms with E-state index in [2.05, 4.69) is 9.72 Å². The molecule has 0 bridgehead atoms. The Hall–Kier alpha value is -1.66. The lowest BCUT2D eigenvalue weighted by Gasteiger charge is -2.15. The monoisotopic (exact) mass is 265 g/mol. The second-order valence-electron chi connectivity index (χ2n) is 3.51. The van der Waals surface area contributed by atoms with Gasteiger partial charge in [-0.3, -0.25) is 4.79 Å². The minimum absolute atomic E-state index is 0.0945. The Labute approximate surface area is 101 Å². The van der Waals surface area contributed by atoms with Crippen molar-refractivity contribution in [2.45, 2.75) is 25.7 Å². The molecule has 7 heteroatoms. The summed E-state index contributed by atoms with van der Waals surface area (Å²) in [7, 11) is 0. The van der Waals surface area contributed by atoms with Crippen LogP contribution in [0.2, 0.25) is 0 Å². The summed E-state index contributed by atoms with van der Waals surface area (Å²) in [5.41, 5.74) is 0.172. The fourth-order valence-electron chi connectivity index (χ4n) is 1.05. The van der Waals surface area contributed by atoms with E-state index in [1.54, 1.807) is 6.92 Å². The summed E-state index contributed by atoms with van der Waals surface area (Å²) in [6.07, 6.45) is -2.48. The third-order valence-corrected chi connectivity index (χ3v) is 2.09. The van der Waals surface area contributed by atoms with E-state index in [0.717, 1.165) is 6.20 Å². The minimum atomic E-state index is -4.21. The molecule has 0 atom stereocenters. The molecule has 1 aromatic heterocycles. The van der Waals surface area contributed by atoms with E-state index in [4.69, 9.17) is 0 Å². The second-order valence-corrected chi connectivity index (χ2v) is 3.51. The Balaban J connectivity index is 2.62. The number of carbonyl (C=O) groups excluding carboxylic acids is 1. The number of alkyl halides is 4. The Morgan fingerprint density at radius 1 is 1.44 bits per heavy atom. The summed E-state index contributed by atoms with van der Waals surface area (Å²) in [6.45, 7) is 0.213. The van der Waals surface area contributed by atoms with Crippen LogP contribution >= 0.6 is 0 Å². The summed E-state index contributed by atoms with van der Waals surface area (Å²) in [4.78, 5) is 14.9. The van der Waals surface area contributed by atoms with Crippen LogP contribution in [0.5, 0.6) is 5.75 Å². The van der Waals surface area contributed by atoms with Gasteiger partial charge in [0.2, 0.25) is 0 Å². The smallest absolute Gasteiger partial charge is 0.340 e. The molecule has 0 fully saturated rings. The summed E-state index contributed by atoms with van der Waals surface area (Å²) < 4.78 is 53.3. The fraction of sp³-hybridized carbons (Fsp3) is 0.455. The number of nitrogens with zero attached hydrogens (tertiary/aromatic N) is 1. The maximum Gasteiger partial charge on any atom is 0.340 e. The topological polar surface area (TPSA) is 39.2 Å². The molecule has 1 heterocycles. The number of carbonyl (C=O) groups is 1. The molecule has 0 N–H and O–H groups in total. The predicted octanol–water partition coefficient (Wildman–Crippen LogP) is 2.95. The van der Waals surface area contributed by atoms with Gasteiger partial charge in [0.15, 0.2) is 12.4 Å². The quantitative estimate of drug-likeness (QED) is 0.586. The fourth-order valence-corrected chi connectivity index (χ4v) is 1.05. The van der Waals surface area contributed by atoms with Gasteiger partial charge in [0, 0.05) is 6.42 Å². The SMILES string of the molecule is CCC(=O)c1ccc(OCC(F)(F)C(F)F)cn1. The van der Waals surface area contributed by atoms with E-state index in [9.17, 15) is 22.4 Å². The number of Topliss-reactive ketones (excluding diaryl/α,β-unsaturated/α-hetero) is 1. The molecule has 0 aliphatic carbocycles. The maximum atomic E-state index is 12.5. The first-order valence-electron chi connectivity index (χ1n) is 5.15. The van der Waals surface area contributed by atoms with Crippen LogP contribution in [0.1, 0.15) is 23.8 Å². The summed E-state index contributed by atoms with van der Waals surface area (Å²) >= 11 is 0. The number of hydrogen-bond donors (Lipinski definition) is 0. The first-order valence-corrected chi connectivity index (χ1v) is 5.15. The molecule has 0 radical (unpaired) electrons. The van der Waals surface area contributed by atoms with Gasteiger partial charge in [0.25, 0.3) is 0 Å². The number of rotatable bonds is 6. The largest absolute Gasteiger partial charge is 0.485 e. The van der Waals surface area contributed by atoms with Crippen LogP contribution in [0, 0.1) is 0 Å². The molecule has 0 spiro atoms. The molecule has 18 heavy (non-hydrogen) atoms. The molecule has 0 aliphatic rings. The number of pyridine rings is 1. The number of hydrogen-bond acceptors (Lipinski definition) is 3. The highest BCUT2D eigenvalue weighted by atomic mass is 19.3. The number of ether oxygens (including phenoxy) is 1. The van der Waals surface area contributed by atoms with Crippen molar-refractivity contribution in [1.82, 2.24) is 4.98 Å². The number of halogens is 4. The van der Waals surface area contributed by atoms with Crippen molar-refractivity contribution in [3.8, 4) is 5.75 Å². The standard InChI is InChI=1S/C11H11F4NO2/c1-2-9(17)8-4-3-7(5-16-8)18-6-11(14,15)10(12)13/h3-5,10H,2,6H2,1H3. The van der Waals surface area contributed by atoms with Crippen LogP contribution in [-0.2, 0) is 0 Å². The van der Waals surface area contributed by atoms with Crippen molar-refractivity contribution >= 4 is 5.78 Å². The number of aromatic nitrogens is 1. The average Bonchev–Trinajstić information content (AvgIpc) is 2.36. The highest BCUT2D eigenvalue weighted by Crippen LogP contribution is 2.24. The Morgan fingerprint density at radius 2 is 2.11 bits per heavy atom. The van der Waals surface area contributed by atoms with Gasteiger partial charge in [-0.15, -0.1) is 0 Å². The number of ketones is 1. The zero-order valence-corrected chi connectivity index (χ0v) is 9.50. The van der Waals surface area contributed by atoms with E-state index in [0.29, 0.717) is 0 Å². The highest BCUT2D eigenvalue weighted by Gasteiger charge is 2.41. The van der Waals surface area contributed by atoms with Crippen LogP contribution in [0.3, 0.4) is 0 Å². The van der Waals surface area contributed by atoms with Crippen LogP contribution in [0.4, 0.5) is 17.6 Å². The molecule has 3 nitrogen and oxygen atoms in total. The molecule has 0 saturated carbocycles. The molecule has 100 valence electrons. The van der Waals surface area contributed by atoms with E-state index in [-0.39, 0.29) is 23.6 Å². The summed E-state index contributed by atoms with van der Waals surface area (Å²) in [6, 6.07) is 2.53. The Kier molecular flexibility index (Phi) is 4.63. The van der Waals surface area contributed by atoms with Crippen LogP contribution in [0.25, 0.3) is 0 Å². The van der Waals surface area contributed by atoms with Gasteiger partial charge in [0.1, 0.15) is 11.4 Å². The van der Waals surface area contributed by atoms with Crippen LogP contribution in [-0.4, -0.2) is 29.7 Å². The Morgan fingerprint density at radius 3 is 2.56 bits per heavy atom. The van der Waals surface area contributed by atoms with Crippen molar-refractivity contribution < 1.29 is 27.1 Å². The van der Waals surface area contributed by atoms with Crippen LogP contribution in [0.15, 0.2) is 18.3 Å². The first-order chi connectivity index (χ1) is 8.36. The molecule has 0 amide bonds. The molecular weight excluding hydrogens is 254 g/mol. The molecule has 0 aromatic carbocycles. The van der Waals surface area contributed by atoms with E-state index in [1.807, 2.05) is 0 Å². The lowest BCUT2D eigenvalue weighted by atomic mass is 10.2.